The van der Waals surface area contributed by atoms with E-state index in [1.54, 1.807) is 30.3 Å². The molecule has 0 bridgehead atoms. The number of pyridine rings is 1. The molecule has 2 N–H and O–H groups in total. The van der Waals surface area contributed by atoms with Crippen LogP contribution in [0.5, 0.6) is 0 Å². The van der Waals surface area contributed by atoms with E-state index in [0.29, 0.717) is 4.47 Å². The highest BCUT2D eigenvalue weighted by molar-refractivity contribution is 9.10. The van der Waals surface area contributed by atoms with Crippen molar-refractivity contribution in [2.24, 2.45) is 0 Å². The molecule has 0 aliphatic carbocycles. The van der Waals surface area contributed by atoms with Gasteiger partial charge in [0.05, 0.1) is 10.6 Å². The predicted octanol–water partition coefficient (Wildman–Crippen LogP) is 3.06. The molecule has 0 saturated carbocycles. The summed E-state index contributed by atoms with van der Waals surface area (Å²) in [6, 6.07) is 8.31. The summed E-state index contributed by atoms with van der Waals surface area (Å²) in [6.07, 6.45) is 2.34. The monoisotopic (exact) mass is 403 g/mol. The Labute approximate surface area is 143 Å². The molecule has 0 aliphatic rings. The second kappa shape index (κ2) is 7.41. The van der Waals surface area contributed by atoms with Gasteiger partial charge in [0.15, 0.2) is 5.15 Å². The lowest BCUT2D eigenvalue weighted by molar-refractivity contribution is 0.601. The van der Waals surface area contributed by atoms with Gasteiger partial charge in [0, 0.05) is 10.7 Å². The van der Waals surface area contributed by atoms with Crippen molar-refractivity contribution >= 4 is 43.2 Å². The van der Waals surface area contributed by atoms with Gasteiger partial charge in [-0.25, -0.2) is 13.4 Å². The van der Waals surface area contributed by atoms with Gasteiger partial charge in [-0.15, -0.1) is 0 Å². The van der Waals surface area contributed by atoms with E-state index in [1.165, 1.54) is 6.20 Å². The minimum absolute atomic E-state index is 0.0948. The fraction of sp³-hybridized carbons (Fsp3) is 0.214. The molecule has 1 aromatic heterocycles. The maximum atomic E-state index is 12.4. The molecule has 0 fully saturated rings. The molecule has 1 heterocycles. The Morgan fingerprint density at radius 1 is 1.27 bits per heavy atom. The van der Waals surface area contributed by atoms with Crippen LogP contribution in [0.25, 0.3) is 0 Å². The molecule has 0 radical (unpaired) electrons. The Hall–Kier alpha value is -1.15. The van der Waals surface area contributed by atoms with E-state index in [-0.39, 0.29) is 15.7 Å². The van der Waals surface area contributed by atoms with Crippen molar-refractivity contribution in [3.05, 3.63) is 51.7 Å². The van der Waals surface area contributed by atoms with Crippen LogP contribution in [0, 0.1) is 0 Å². The van der Waals surface area contributed by atoms with Crippen LogP contribution in [0.2, 0.25) is 5.15 Å². The number of anilines is 1. The van der Waals surface area contributed by atoms with Gasteiger partial charge in [-0.2, -0.15) is 0 Å². The first-order valence-corrected chi connectivity index (χ1v) is 9.15. The van der Waals surface area contributed by atoms with Crippen LogP contribution in [-0.2, 0) is 16.4 Å². The molecule has 0 spiro atoms. The number of aromatic nitrogens is 1. The molecule has 0 atom stereocenters. The average Bonchev–Trinajstić information content (AvgIpc) is 2.49. The van der Waals surface area contributed by atoms with Crippen molar-refractivity contribution in [2.45, 2.75) is 11.3 Å². The number of hydrogen-bond donors (Lipinski definition) is 2. The zero-order valence-electron chi connectivity index (χ0n) is 11.8. The third-order valence-corrected chi connectivity index (χ3v) is 5.06. The first kappa shape index (κ1) is 17.2. The van der Waals surface area contributed by atoms with Crippen LogP contribution in [0.1, 0.15) is 5.56 Å². The average molecular weight is 405 g/mol. The van der Waals surface area contributed by atoms with Crippen molar-refractivity contribution in [3.63, 3.8) is 0 Å². The molecule has 2 rings (SSSR count). The van der Waals surface area contributed by atoms with Crippen LogP contribution in [0.15, 0.2) is 45.9 Å². The third-order valence-electron chi connectivity index (χ3n) is 2.95. The fourth-order valence-electron chi connectivity index (χ4n) is 1.80. The molecule has 0 amide bonds. The number of sulfonamides is 1. The quantitative estimate of drug-likeness (QED) is 0.726. The van der Waals surface area contributed by atoms with Crippen LogP contribution in [-0.4, -0.2) is 27.0 Å². The zero-order chi connectivity index (χ0) is 16.2. The minimum atomic E-state index is -3.70. The number of rotatable bonds is 6. The predicted molar refractivity (Wildman–Crippen MR) is 91.8 cm³/mol. The van der Waals surface area contributed by atoms with Crippen LogP contribution < -0.4 is 10.0 Å². The summed E-state index contributed by atoms with van der Waals surface area (Å²) >= 11 is 9.14. The Bertz CT molecular complexity index is 751. The van der Waals surface area contributed by atoms with Gasteiger partial charge < -0.3 is 5.32 Å². The highest BCUT2D eigenvalue weighted by Crippen LogP contribution is 2.25. The second-order valence-corrected chi connectivity index (χ2v) is 7.55. The Balaban J connectivity index is 2.21. The maximum absolute atomic E-state index is 12.4. The van der Waals surface area contributed by atoms with Gasteiger partial charge in [0.1, 0.15) is 0 Å². The summed E-state index contributed by atoms with van der Waals surface area (Å²) in [5.41, 5.74) is 1.30. The summed E-state index contributed by atoms with van der Waals surface area (Å²) < 4.78 is 27.8. The summed E-state index contributed by atoms with van der Waals surface area (Å²) in [5, 5.41) is 3.14. The molecule has 0 aliphatic heterocycles. The van der Waals surface area contributed by atoms with Crippen LogP contribution >= 0.6 is 27.5 Å². The smallest absolute Gasteiger partial charge is 0.261 e. The number of benzene rings is 1. The first-order valence-electron chi connectivity index (χ1n) is 6.50. The molecular formula is C14H15BrClN3O2S. The van der Waals surface area contributed by atoms with E-state index in [9.17, 15) is 8.42 Å². The Morgan fingerprint density at radius 2 is 1.95 bits per heavy atom. The number of halogens is 2. The van der Waals surface area contributed by atoms with Crippen molar-refractivity contribution < 1.29 is 8.42 Å². The minimum Gasteiger partial charge on any atom is -0.319 e. The summed E-state index contributed by atoms with van der Waals surface area (Å²) in [4.78, 5) is 4.07. The van der Waals surface area contributed by atoms with Crippen LogP contribution in [0.3, 0.4) is 0 Å². The Morgan fingerprint density at radius 3 is 2.59 bits per heavy atom. The van der Waals surface area contributed by atoms with Gasteiger partial charge in [0.2, 0.25) is 0 Å². The van der Waals surface area contributed by atoms with Crippen molar-refractivity contribution in [3.8, 4) is 0 Å². The van der Waals surface area contributed by atoms with Gasteiger partial charge in [0.25, 0.3) is 10.0 Å². The summed E-state index contributed by atoms with van der Waals surface area (Å²) in [6.45, 7) is 0.837. The number of nitrogens with one attached hydrogen (secondary N) is 2. The molecule has 5 nitrogen and oxygen atoms in total. The fourth-order valence-corrected chi connectivity index (χ4v) is 3.40. The molecule has 1 aromatic carbocycles. The van der Waals surface area contributed by atoms with E-state index in [1.807, 2.05) is 7.05 Å². The molecule has 118 valence electrons. The normalized spacial score (nSPS) is 11.4. The zero-order valence-corrected chi connectivity index (χ0v) is 15.0. The molecule has 0 unspecified atom stereocenters. The molecule has 8 heteroatoms. The highest BCUT2D eigenvalue weighted by Gasteiger charge is 2.16. The third kappa shape index (κ3) is 4.42. The largest absolute Gasteiger partial charge is 0.319 e. The van der Waals surface area contributed by atoms with Crippen molar-refractivity contribution in [1.82, 2.24) is 10.3 Å². The van der Waals surface area contributed by atoms with Gasteiger partial charge in [-0.1, -0.05) is 23.7 Å². The molecule has 0 saturated heterocycles. The van der Waals surface area contributed by atoms with Crippen LogP contribution in [0.4, 0.5) is 5.69 Å². The van der Waals surface area contributed by atoms with E-state index in [4.69, 9.17) is 11.6 Å². The Kier molecular flexibility index (Phi) is 5.80. The summed E-state index contributed by atoms with van der Waals surface area (Å²) in [5.74, 6) is 0. The topological polar surface area (TPSA) is 71.1 Å². The lowest BCUT2D eigenvalue weighted by atomic mass is 10.1. The standard InChI is InChI=1S/C14H15BrClN3O2S/c1-17-7-6-10-2-4-12(5-3-10)22(20,21)19-13-8-11(15)9-18-14(13)16/h2-5,8-9,17,19H,6-7H2,1H3. The van der Waals surface area contributed by atoms with E-state index < -0.39 is 10.0 Å². The SMILES string of the molecule is CNCCc1ccc(S(=O)(=O)Nc2cc(Br)cnc2Cl)cc1. The number of hydrogen-bond acceptors (Lipinski definition) is 4. The highest BCUT2D eigenvalue weighted by atomic mass is 79.9. The van der Waals surface area contributed by atoms with Gasteiger partial charge in [-0.3, -0.25) is 4.72 Å². The van der Waals surface area contributed by atoms with Gasteiger partial charge in [-0.05, 0) is 59.7 Å². The molecule has 2 aromatic rings. The second-order valence-electron chi connectivity index (χ2n) is 4.59. The lowest BCUT2D eigenvalue weighted by Crippen LogP contribution is -2.14. The van der Waals surface area contributed by atoms with E-state index in [2.05, 4.69) is 31.0 Å². The number of nitrogens with zero attached hydrogens (tertiary/aromatic N) is 1. The maximum Gasteiger partial charge on any atom is 0.261 e. The van der Waals surface area contributed by atoms with Gasteiger partial charge >= 0.3 is 0 Å². The van der Waals surface area contributed by atoms with Crippen molar-refractivity contribution in [2.75, 3.05) is 18.3 Å². The lowest BCUT2D eigenvalue weighted by Gasteiger charge is -2.10. The molecular weight excluding hydrogens is 390 g/mol. The molecule has 22 heavy (non-hydrogen) atoms. The van der Waals surface area contributed by atoms with E-state index >= 15 is 0 Å². The number of likely N-dealkylation sites (N-methyl/N-ethyl adjacent to an activating group) is 1. The summed E-state index contributed by atoms with van der Waals surface area (Å²) in [7, 11) is -1.83. The first-order chi connectivity index (χ1) is 10.4. The van der Waals surface area contributed by atoms with E-state index in [0.717, 1.165) is 18.5 Å². The van der Waals surface area contributed by atoms with Crippen molar-refractivity contribution in [1.29, 1.82) is 0 Å².